The first-order chi connectivity index (χ1) is 11.8. The van der Waals surface area contributed by atoms with Crippen molar-refractivity contribution in [3.63, 3.8) is 0 Å². The van der Waals surface area contributed by atoms with Crippen LogP contribution in [0.5, 0.6) is 0 Å². The molecular formula is C18H18N2O4S. The molecule has 1 aromatic heterocycles. The maximum atomic E-state index is 12.6. The van der Waals surface area contributed by atoms with Crippen molar-refractivity contribution in [1.29, 1.82) is 0 Å². The number of para-hydroxylation sites is 1. The SMILES string of the molecule is Cc1c(C(=O)NC(C)c2cccc(S(N)(=O)=O)c2)oc2ccccc12. The monoisotopic (exact) mass is 358 g/mol. The zero-order chi connectivity index (χ0) is 18.2. The van der Waals surface area contributed by atoms with Crippen molar-refractivity contribution in [3.8, 4) is 0 Å². The van der Waals surface area contributed by atoms with Gasteiger partial charge in [-0.05, 0) is 37.6 Å². The highest BCUT2D eigenvalue weighted by Crippen LogP contribution is 2.25. The minimum absolute atomic E-state index is 0.00557. The fourth-order valence-electron chi connectivity index (χ4n) is 2.70. The lowest BCUT2D eigenvalue weighted by atomic mass is 10.1. The van der Waals surface area contributed by atoms with Crippen molar-refractivity contribution in [1.82, 2.24) is 5.32 Å². The highest BCUT2D eigenvalue weighted by Gasteiger charge is 2.20. The third kappa shape index (κ3) is 3.42. The number of carbonyl (C=O) groups is 1. The first kappa shape index (κ1) is 17.2. The maximum absolute atomic E-state index is 12.6. The normalized spacial score (nSPS) is 12.9. The van der Waals surface area contributed by atoms with Crippen LogP contribution in [0.3, 0.4) is 0 Å². The number of nitrogens with one attached hydrogen (secondary N) is 1. The van der Waals surface area contributed by atoms with Crippen LogP contribution in [0.15, 0.2) is 57.8 Å². The van der Waals surface area contributed by atoms with Crippen molar-refractivity contribution in [2.75, 3.05) is 0 Å². The third-order valence-electron chi connectivity index (χ3n) is 4.08. The minimum Gasteiger partial charge on any atom is -0.451 e. The van der Waals surface area contributed by atoms with Crippen LogP contribution in [-0.2, 0) is 10.0 Å². The third-order valence-corrected chi connectivity index (χ3v) is 5.00. The molecule has 3 N–H and O–H groups in total. The average Bonchev–Trinajstić information content (AvgIpc) is 2.91. The highest BCUT2D eigenvalue weighted by atomic mass is 32.2. The number of aryl methyl sites for hydroxylation is 1. The Kier molecular flexibility index (Phi) is 4.36. The number of benzene rings is 2. The van der Waals surface area contributed by atoms with E-state index < -0.39 is 16.1 Å². The fraction of sp³-hybridized carbons (Fsp3) is 0.167. The maximum Gasteiger partial charge on any atom is 0.287 e. The lowest BCUT2D eigenvalue weighted by molar-refractivity contribution is 0.0913. The van der Waals surface area contributed by atoms with E-state index in [2.05, 4.69) is 5.32 Å². The van der Waals surface area contributed by atoms with E-state index >= 15 is 0 Å². The van der Waals surface area contributed by atoms with Gasteiger partial charge in [-0.1, -0.05) is 30.3 Å². The highest BCUT2D eigenvalue weighted by molar-refractivity contribution is 7.89. The summed E-state index contributed by atoms with van der Waals surface area (Å²) >= 11 is 0. The Morgan fingerprint density at radius 3 is 2.56 bits per heavy atom. The molecule has 0 fully saturated rings. The van der Waals surface area contributed by atoms with Crippen molar-refractivity contribution in [2.24, 2.45) is 5.14 Å². The van der Waals surface area contributed by atoms with E-state index in [9.17, 15) is 13.2 Å². The smallest absolute Gasteiger partial charge is 0.287 e. The molecule has 130 valence electrons. The second kappa shape index (κ2) is 6.34. The van der Waals surface area contributed by atoms with Gasteiger partial charge in [-0.25, -0.2) is 13.6 Å². The first-order valence-corrected chi connectivity index (χ1v) is 9.24. The van der Waals surface area contributed by atoms with Crippen LogP contribution in [0.4, 0.5) is 0 Å². The van der Waals surface area contributed by atoms with E-state index in [1.807, 2.05) is 25.1 Å². The van der Waals surface area contributed by atoms with Gasteiger partial charge in [-0.2, -0.15) is 0 Å². The van der Waals surface area contributed by atoms with Gasteiger partial charge in [0.25, 0.3) is 5.91 Å². The molecule has 0 saturated heterocycles. The van der Waals surface area contributed by atoms with Gasteiger partial charge in [0.2, 0.25) is 10.0 Å². The van der Waals surface area contributed by atoms with E-state index in [1.54, 1.807) is 25.1 Å². The van der Waals surface area contributed by atoms with Crippen molar-refractivity contribution >= 4 is 26.9 Å². The zero-order valence-electron chi connectivity index (χ0n) is 13.8. The number of hydrogen-bond donors (Lipinski definition) is 2. The van der Waals surface area contributed by atoms with Gasteiger partial charge in [0.05, 0.1) is 10.9 Å². The molecule has 0 radical (unpaired) electrons. The molecule has 3 rings (SSSR count). The number of amides is 1. The van der Waals surface area contributed by atoms with E-state index in [-0.39, 0.29) is 16.6 Å². The predicted octanol–water partition coefficient (Wildman–Crippen LogP) is 2.88. The Balaban J connectivity index is 1.86. The number of carbonyl (C=O) groups excluding carboxylic acids is 1. The van der Waals surface area contributed by atoms with Crippen LogP contribution in [-0.4, -0.2) is 14.3 Å². The Morgan fingerprint density at radius 1 is 1.16 bits per heavy atom. The molecule has 6 nitrogen and oxygen atoms in total. The molecule has 1 heterocycles. The average molecular weight is 358 g/mol. The summed E-state index contributed by atoms with van der Waals surface area (Å²) in [6.07, 6.45) is 0. The Hall–Kier alpha value is -2.64. The quantitative estimate of drug-likeness (QED) is 0.748. The van der Waals surface area contributed by atoms with Gasteiger partial charge in [0.1, 0.15) is 5.58 Å². The number of nitrogens with two attached hydrogens (primary N) is 1. The molecule has 0 spiro atoms. The fourth-order valence-corrected chi connectivity index (χ4v) is 3.27. The van der Waals surface area contributed by atoms with Crippen LogP contribution < -0.4 is 10.5 Å². The molecule has 1 atom stereocenters. The molecule has 0 aliphatic rings. The number of sulfonamides is 1. The Morgan fingerprint density at radius 2 is 1.88 bits per heavy atom. The van der Waals surface area contributed by atoms with Crippen LogP contribution >= 0.6 is 0 Å². The van der Waals surface area contributed by atoms with Gasteiger partial charge in [0, 0.05) is 10.9 Å². The Labute approximate surface area is 145 Å². The number of fused-ring (bicyclic) bond motifs is 1. The van der Waals surface area contributed by atoms with Gasteiger partial charge in [0.15, 0.2) is 5.76 Å². The van der Waals surface area contributed by atoms with Gasteiger partial charge in [-0.3, -0.25) is 4.79 Å². The van der Waals surface area contributed by atoms with Crippen molar-refractivity contribution in [2.45, 2.75) is 24.8 Å². The summed E-state index contributed by atoms with van der Waals surface area (Å²) < 4.78 is 28.6. The number of primary sulfonamides is 1. The molecule has 0 saturated carbocycles. The molecule has 7 heteroatoms. The van der Waals surface area contributed by atoms with E-state index in [1.165, 1.54) is 12.1 Å². The summed E-state index contributed by atoms with van der Waals surface area (Å²) in [5.74, 6) is -0.113. The predicted molar refractivity (Wildman–Crippen MR) is 94.6 cm³/mol. The molecule has 0 bridgehead atoms. The summed E-state index contributed by atoms with van der Waals surface area (Å²) in [7, 11) is -3.79. The molecule has 0 aliphatic carbocycles. The van der Waals surface area contributed by atoms with Gasteiger partial charge < -0.3 is 9.73 Å². The van der Waals surface area contributed by atoms with E-state index in [4.69, 9.17) is 9.56 Å². The molecule has 25 heavy (non-hydrogen) atoms. The van der Waals surface area contributed by atoms with Crippen molar-refractivity contribution in [3.05, 3.63) is 65.4 Å². The molecule has 3 aromatic rings. The minimum atomic E-state index is -3.79. The van der Waals surface area contributed by atoms with Crippen LogP contribution in [0, 0.1) is 6.92 Å². The second-order valence-electron chi connectivity index (χ2n) is 5.86. The molecule has 0 aliphatic heterocycles. The Bertz CT molecular complexity index is 1050. The second-order valence-corrected chi connectivity index (χ2v) is 7.43. The summed E-state index contributed by atoms with van der Waals surface area (Å²) in [5.41, 5.74) is 2.04. The van der Waals surface area contributed by atoms with Crippen LogP contribution in [0.1, 0.15) is 34.6 Å². The molecule has 1 unspecified atom stereocenters. The molecule has 1 amide bonds. The number of hydrogen-bond acceptors (Lipinski definition) is 4. The lowest BCUT2D eigenvalue weighted by Gasteiger charge is -2.14. The standard InChI is InChI=1S/C18H18N2O4S/c1-11-15-8-3-4-9-16(15)24-17(11)18(21)20-12(2)13-6-5-7-14(10-13)25(19,22)23/h3-10,12H,1-2H3,(H,20,21)(H2,19,22,23). The summed E-state index contributed by atoms with van der Waals surface area (Å²) in [6, 6.07) is 13.2. The number of rotatable bonds is 4. The molecular weight excluding hydrogens is 340 g/mol. The van der Waals surface area contributed by atoms with Crippen molar-refractivity contribution < 1.29 is 17.6 Å². The summed E-state index contributed by atoms with van der Waals surface area (Å²) in [4.78, 5) is 12.6. The molecule has 2 aromatic carbocycles. The lowest BCUT2D eigenvalue weighted by Crippen LogP contribution is -2.27. The van der Waals surface area contributed by atoms with E-state index in [0.29, 0.717) is 11.1 Å². The summed E-state index contributed by atoms with van der Waals surface area (Å²) in [5, 5.41) is 8.86. The van der Waals surface area contributed by atoms with Crippen LogP contribution in [0.2, 0.25) is 0 Å². The number of furan rings is 1. The summed E-state index contributed by atoms with van der Waals surface area (Å²) in [6.45, 7) is 3.59. The van der Waals surface area contributed by atoms with Crippen LogP contribution in [0.25, 0.3) is 11.0 Å². The van der Waals surface area contributed by atoms with E-state index in [0.717, 1.165) is 10.9 Å². The largest absolute Gasteiger partial charge is 0.451 e. The van der Waals surface area contributed by atoms with Gasteiger partial charge >= 0.3 is 0 Å². The first-order valence-electron chi connectivity index (χ1n) is 7.69. The van der Waals surface area contributed by atoms with Gasteiger partial charge in [-0.15, -0.1) is 0 Å². The zero-order valence-corrected chi connectivity index (χ0v) is 14.6. The topological polar surface area (TPSA) is 102 Å².